The van der Waals surface area contributed by atoms with Crippen molar-refractivity contribution in [3.8, 4) is 0 Å². The molecule has 0 saturated heterocycles. The van der Waals surface area contributed by atoms with E-state index in [0.717, 1.165) is 48.0 Å². The fraction of sp³-hybridized carbons (Fsp3) is 0.474. The van der Waals surface area contributed by atoms with Crippen molar-refractivity contribution in [2.45, 2.75) is 59.5 Å². The van der Waals surface area contributed by atoms with Crippen LogP contribution in [0.2, 0.25) is 0 Å². The number of hydrogen-bond acceptors (Lipinski definition) is 4. The van der Waals surface area contributed by atoms with Crippen LogP contribution < -0.4 is 0 Å². The van der Waals surface area contributed by atoms with E-state index < -0.39 is 0 Å². The average molecular weight is 338 g/mol. The van der Waals surface area contributed by atoms with Gasteiger partial charge in [0.2, 0.25) is 0 Å². The van der Waals surface area contributed by atoms with Crippen molar-refractivity contribution in [2.24, 2.45) is 0 Å². The molecule has 3 aromatic rings. The Kier molecular flexibility index (Phi) is 5.26. The van der Waals surface area contributed by atoms with Crippen molar-refractivity contribution in [3.05, 3.63) is 59.2 Å². The summed E-state index contributed by atoms with van der Waals surface area (Å²) in [5, 5.41) is 9.39. The normalized spacial score (nSPS) is 12.5. The predicted molar refractivity (Wildman–Crippen MR) is 97.5 cm³/mol. The van der Waals surface area contributed by atoms with Gasteiger partial charge in [0, 0.05) is 31.1 Å². The van der Waals surface area contributed by atoms with Crippen LogP contribution in [0, 0.1) is 13.8 Å². The number of hydrogen-bond donors (Lipinski definition) is 0. The van der Waals surface area contributed by atoms with Crippen LogP contribution in [0.1, 0.15) is 61.3 Å². The lowest BCUT2D eigenvalue weighted by atomic mass is 10.2. The van der Waals surface area contributed by atoms with Crippen LogP contribution in [0.15, 0.2) is 30.6 Å². The van der Waals surface area contributed by atoms with Crippen LogP contribution in [0.25, 0.3) is 0 Å². The zero-order chi connectivity index (χ0) is 17.8. The summed E-state index contributed by atoms with van der Waals surface area (Å²) in [5.74, 6) is 1.81. The van der Waals surface area contributed by atoms with Crippen molar-refractivity contribution >= 4 is 0 Å². The summed E-state index contributed by atoms with van der Waals surface area (Å²) < 4.78 is 4.09. The summed E-state index contributed by atoms with van der Waals surface area (Å²) in [5.41, 5.74) is 3.30. The Labute approximate surface area is 148 Å². The van der Waals surface area contributed by atoms with Gasteiger partial charge in [0.1, 0.15) is 6.04 Å². The minimum absolute atomic E-state index is 0.0562. The summed E-state index contributed by atoms with van der Waals surface area (Å²) in [6.45, 7) is 9.32. The number of aromatic nitrogens is 6. The molecule has 132 valence electrons. The zero-order valence-electron chi connectivity index (χ0n) is 15.5. The van der Waals surface area contributed by atoms with E-state index in [4.69, 9.17) is 10.1 Å². The Hall–Kier alpha value is -2.50. The molecule has 0 aliphatic carbocycles. The van der Waals surface area contributed by atoms with Gasteiger partial charge in [-0.05, 0) is 44.9 Å². The van der Waals surface area contributed by atoms with Crippen molar-refractivity contribution < 1.29 is 0 Å². The molecule has 0 amide bonds. The standard InChI is InChI=1S/C19H26N6/c1-5-6-10-24-19(16(4)25-15(3)11-14(2)22-25)21-18(23-24)12-17-8-7-9-20-13-17/h7-9,11,13,16H,5-6,10,12H2,1-4H3/t16-/m0/s1. The minimum atomic E-state index is 0.0562. The molecule has 0 unspecified atom stereocenters. The van der Waals surface area contributed by atoms with E-state index in [-0.39, 0.29) is 6.04 Å². The molecule has 0 N–H and O–H groups in total. The lowest BCUT2D eigenvalue weighted by Gasteiger charge is -2.14. The molecule has 3 aromatic heterocycles. The van der Waals surface area contributed by atoms with Gasteiger partial charge < -0.3 is 0 Å². The Bertz CT molecular complexity index is 818. The fourth-order valence-corrected chi connectivity index (χ4v) is 3.09. The number of unbranched alkanes of at least 4 members (excludes halogenated alkanes) is 1. The van der Waals surface area contributed by atoms with E-state index in [1.807, 2.05) is 23.9 Å². The van der Waals surface area contributed by atoms with Gasteiger partial charge in [-0.15, -0.1) is 0 Å². The number of aryl methyl sites for hydroxylation is 3. The smallest absolute Gasteiger partial charge is 0.155 e. The molecule has 0 aliphatic heterocycles. The largest absolute Gasteiger partial charge is 0.264 e. The highest BCUT2D eigenvalue weighted by Crippen LogP contribution is 2.20. The van der Waals surface area contributed by atoms with Gasteiger partial charge in [0.15, 0.2) is 11.6 Å². The van der Waals surface area contributed by atoms with Crippen LogP contribution in [0.4, 0.5) is 0 Å². The first kappa shape index (κ1) is 17.3. The minimum Gasteiger partial charge on any atom is -0.264 e. The van der Waals surface area contributed by atoms with E-state index >= 15 is 0 Å². The predicted octanol–water partition coefficient (Wildman–Crippen LogP) is 3.49. The lowest BCUT2D eigenvalue weighted by molar-refractivity contribution is 0.462. The lowest BCUT2D eigenvalue weighted by Crippen LogP contribution is -2.17. The highest BCUT2D eigenvalue weighted by atomic mass is 15.4. The van der Waals surface area contributed by atoms with Gasteiger partial charge in [-0.3, -0.25) is 9.67 Å². The molecular formula is C19H26N6. The third kappa shape index (κ3) is 3.95. The molecule has 3 heterocycles. The van der Waals surface area contributed by atoms with Gasteiger partial charge in [0.05, 0.1) is 5.69 Å². The average Bonchev–Trinajstić information content (AvgIpc) is 3.15. The number of pyridine rings is 1. The third-order valence-corrected chi connectivity index (χ3v) is 4.34. The van der Waals surface area contributed by atoms with Crippen molar-refractivity contribution in [1.29, 1.82) is 0 Å². The van der Waals surface area contributed by atoms with E-state index in [1.165, 1.54) is 0 Å². The molecule has 6 heteroatoms. The molecule has 0 radical (unpaired) electrons. The second-order valence-electron chi connectivity index (χ2n) is 6.55. The molecule has 3 rings (SSSR count). The first-order chi connectivity index (χ1) is 12.1. The molecule has 6 nitrogen and oxygen atoms in total. The van der Waals surface area contributed by atoms with Gasteiger partial charge in [0.25, 0.3) is 0 Å². The Morgan fingerprint density at radius 1 is 1.20 bits per heavy atom. The van der Waals surface area contributed by atoms with Gasteiger partial charge in [-0.1, -0.05) is 19.4 Å². The van der Waals surface area contributed by atoms with E-state index in [1.54, 1.807) is 6.20 Å². The summed E-state index contributed by atoms with van der Waals surface area (Å²) in [7, 11) is 0. The zero-order valence-corrected chi connectivity index (χ0v) is 15.5. The fourth-order valence-electron chi connectivity index (χ4n) is 3.09. The highest BCUT2D eigenvalue weighted by Gasteiger charge is 2.20. The van der Waals surface area contributed by atoms with E-state index in [9.17, 15) is 0 Å². The van der Waals surface area contributed by atoms with Gasteiger partial charge >= 0.3 is 0 Å². The maximum atomic E-state index is 4.85. The maximum Gasteiger partial charge on any atom is 0.155 e. The van der Waals surface area contributed by atoms with Crippen molar-refractivity contribution in [1.82, 2.24) is 29.5 Å². The Morgan fingerprint density at radius 2 is 2.04 bits per heavy atom. The molecule has 0 aliphatic rings. The molecule has 0 fully saturated rings. The number of rotatable bonds is 7. The van der Waals surface area contributed by atoms with Crippen LogP contribution in [-0.2, 0) is 13.0 Å². The quantitative estimate of drug-likeness (QED) is 0.661. The first-order valence-corrected chi connectivity index (χ1v) is 8.93. The third-order valence-electron chi connectivity index (χ3n) is 4.34. The molecule has 0 spiro atoms. The Morgan fingerprint density at radius 3 is 2.68 bits per heavy atom. The topological polar surface area (TPSA) is 61.4 Å². The van der Waals surface area contributed by atoms with Crippen LogP contribution in [0.5, 0.6) is 0 Å². The van der Waals surface area contributed by atoms with E-state index in [2.05, 4.69) is 47.7 Å². The molecule has 25 heavy (non-hydrogen) atoms. The second-order valence-corrected chi connectivity index (χ2v) is 6.55. The van der Waals surface area contributed by atoms with Crippen molar-refractivity contribution in [3.63, 3.8) is 0 Å². The monoisotopic (exact) mass is 338 g/mol. The van der Waals surface area contributed by atoms with Gasteiger partial charge in [-0.2, -0.15) is 10.2 Å². The summed E-state index contributed by atoms with van der Waals surface area (Å²) in [6.07, 6.45) is 6.58. The van der Waals surface area contributed by atoms with Crippen LogP contribution in [0.3, 0.4) is 0 Å². The molecule has 0 saturated carbocycles. The highest BCUT2D eigenvalue weighted by molar-refractivity contribution is 5.16. The molecule has 0 aromatic carbocycles. The molecule has 1 atom stereocenters. The maximum absolute atomic E-state index is 4.85. The molecule has 0 bridgehead atoms. The van der Waals surface area contributed by atoms with Crippen LogP contribution in [-0.4, -0.2) is 29.5 Å². The summed E-state index contributed by atoms with van der Waals surface area (Å²) in [6, 6.07) is 6.16. The summed E-state index contributed by atoms with van der Waals surface area (Å²) >= 11 is 0. The van der Waals surface area contributed by atoms with Gasteiger partial charge in [-0.25, -0.2) is 9.67 Å². The summed E-state index contributed by atoms with van der Waals surface area (Å²) in [4.78, 5) is 9.03. The molecular weight excluding hydrogens is 312 g/mol. The first-order valence-electron chi connectivity index (χ1n) is 8.93. The number of nitrogens with zero attached hydrogens (tertiary/aromatic N) is 6. The second kappa shape index (κ2) is 7.59. The van der Waals surface area contributed by atoms with E-state index in [0.29, 0.717) is 6.42 Å². The van der Waals surface area contributed by atoms with Crippen LogP contribution >= 0.6 is 0 Å². The van der Waals surface area contributed by atoms with Crippen molar-refractivity contribution in [2.75, 3.05) is 0 Å². The Balaban J connectivity index is 1.91. The SMILES string of the molecule is CCCCn1nc(Cc2cccnc2)nc1[C@H](C)n1nc(C)cc1C.